The van der Waals surface area contributed by atoms with E-state index in [0.717, 1.165) is 56.5 Å². The molecule has 3 aromatic rings. The molecule has 5 rings (SSSR count). The highest BCUT2D eigenvalue weighted by molar-refractivity contribution is 5.94. The Labute approximate surface area is 192 Å². The standard InChI is InChI=1S/C26H28F2N4O/c1-30-15-13-19(14-16-30)31(17-18-7-2-3-9-21(18)27)26(33)25-20-8-6-12-23(20)32(29-25)24-11-5-4-10-22(24)28/h2-5,7,9-11,19H,6,8,12-17H2,1H3. The maximum atomic E-state index is 14.6. The van der Waals surface area contributed by atoms with Crippen LogP contribution in [0.5, 0.6) is 0 Å². The monoisotopic (exact) mass is 450 g/mol. The van der Waals surface area contributed by atoms with Gasteiger partial charge in [-0.3, -0.25) is 4.79 Å². The third-order valence-corrected chi connectivity index (χ3v) is 6.90. The minimum absolute atomic E-state index is 0.00368. The van der Waals surface area contributed by atoms with E-state index in [1.54, 1.807) is 46.0 Å². The molecule has 0 spiro atoms. The van der Waals surface area contributed by atoms with Crippen LogP contribution in [0.15, 0.2) is 48.5 Å². The van der Waals surface area contributed by atoms with Gasteiger partial charge >= 0.3 is 0 Å². The predicted molar refractivity (Wildman–Crippen MR) is 122 cm³/mol. The van der Waals surface area contributed by atoms with Gasteiger partial charge in [-0.15, -0.1) is 0 Å². The summed E-state index contributed by atoms with van der Waals surface area (Å²) in [5.41, 5.74) is 3.03. The van der Waals surface area contributed by atoms with Gasteiger partial charge < -0.3 is 9.80 Å². The summed E-state index contributed by atoms with van der Waals surface area (Å²) < 4.78 is 30.7. The van der Waals surface area contributed by atoms with Gasteiger partial charge in [-0.05, 0) is 70.4 Å². The minimum Gasteiger partial charge on any atom is -0.330 e. The van der Waals surface area contributed by atoms with Gasteiger partial charge in [-0.1, -0.05) is 30.3 Å². The molecule has 33 heavy (non-hydrogen) atoms. The summed E-state index contributed by atoms with van der Waals surface area (Å²) in [6.45, 7) is 1.96. The van der Waals surface area contributed by atoms with E-state index in [9.17, 15) is 13.6 Å². The van der Waals surface area contributed by atoms with Crippen molar-refractivity contribution in [2.45, 2.75) is 44.7 Å². The first-order valence-corrected chi connectivity index (χ1v) is 11.6. The second-order valence-corrected chi connectivity index (χ2v) is 9.05. The molecule has 0 N–H and O–H groups in total. The number of nitrogens with zero attached hydrogens (tertiary/aromatic N) is 4. The number of para-hydroxylation sites is 1. The van der Waals surface area contributed by atoms with E-state index >= 15 is 0 Å². The summed E-state index contributed by atoms with van der Waals surface area (Å²) in [6.07, 6.45) is 4.06. The maximum Gasteiger partial charge on any atom is 0.275 e. The Bertz CT molecular complexity index is 1170. The quantitative estimate of drug-likeness (QED) is 0.580. The lowest BCUT2D eigenvalue weighted by Crippen LogP contribution is -2.46. The zero-order valence-electron chi connectivity index (χ0n) is 18.8. The van der Waals surface area contributed by atoms with Crippen LogP contribution in [0.1, 0.15) is 46.6 Å². The molecule has 172 valence electrons. The van der Waals surface area contributed by atoms with Crippen LogP contribution in [0.25, 0.3) is 5.69 Å². The van der Waals surface area contributed by atoms with Crippen molar-refractivity contribution in [2.75, 3.05) is 20.1 Å². The zero-order chi connectivity index (χ0) is 22.9. The first-order chi connectivity index (χ1) is 16.0. The fourth-order valence-electron chi connectivity index (χ4n) is 5.05. The molecule has 0 atom stereocenters. The van der Waals surface area contributed by atoms with E-state index in [2.05, 4.69) is 17.0 Å². The Morgan fingerprint density at radius 1 is 1.03 bits per heavy atom. The summed E-state index contributed by atoms with van der Waals surface area (Å²) in [5.74, 6) is -0.876. The Morgan fingerprint density at radius 2 is 1.73 bits per heavy atom. The lowest BCUT2D eigenvalue weighted by molar-refractivity contribution is 0.0559. The fourth-order valence-corrected chi connectivity index (χ4v) is 5.05. The number of likely N-dealkylation sites (tertiary alicyclic amines) is 1. The summed E-state index contributed by atoms with van der Waals surface area (Å²) in [4.78, 5) is 18.0. The molecule has 2 aliphatic rings. The van der Waals surface area contributed by atoms with Gasteiger partial charge in [-0.25, -0.2) is 13.5 Å². The molecule has 2 aromatic carbocycles. The van der Waals surface area contributed by atoms with Crippen LogP contribution in [0.4, 0.5) is 8.78 Å². The molecule has 2 heterocycles. The molecule has 0 unspecified atom stereocenters. The number of hydrogen-bond acceptors (Lipinski definition) is 3. The summed E-state index contributed by atoms with van der Waals surface area (Å²) >= 11 is 0. The minimum atomic E-state index is -0.368. The van der Waals surface area contributed by atoms with E-state index in [1.807, 2.05) is 0 Å². The van der Waals surface area contributed by atoms with E-state index in [1.165, 1.54) is 12.1 Å². The third kappa shape index (κ3) is 4.17. The highest BCUT2D eigenvalue weighted by Gasteiger charge is 2.34. The van der Waals surface area contributed by atoms with E-state index in [-0.39, 0.29) is 30.1 Å². The predicted octanol–water partition coefficient (Wildman–Crippen LogP) is 4.38. The Morgan fingerprint density at radius 3 is 2.45 bits per heavy atom. The number of halogens is 2. The number of carbonyl (C=O) groups excluding carboxylic acids is 1. The van der Waals surface area contributed by atoms with Gasteiger partial charge in [0.2, 0.25) is 0 Å². The van der Waals surface area contributed by atoms with Crippen molar-refractivity contribution in [3.63, 3.8) is 0 Å². The largest absolute Gasteiger partial charge is 0.330 e. The van der Waals surface area contributed by atoms with Crippen LogP contribution in [-0.2, 0) is 19.4 Å². The molecular formula is C26H28F2N4O. The van der Waals surface area contributed by atoms with Crippen molar-refractivity contribution < 1.29 is 13.6 Å². The molecule has 1 aliphatic heterocycles. The van der Waals surface area contributed by atoms with Crippen molar-refractivity contribution in [1.29, 1.82) is 0 Å². The van der Waals surface area contributed by atoms with E-state index in [4.69, 9.17) is 0 Å². The van der Waals surface area contributed by atoms with Gasteiger partial charge in [0, 0.05) is 29.4 Å². The van der Waals surface area contributed by atoms with E-state index < -0.39 is 0 Å². The molecule has 1 saturated heterocycles. The van der Waals surface area contributed by atoms with Crippen LogP contribution in [0.3, 0.4) is 0 Å². The fraction of sp³-hybridized carbons (Fsp3) is 0.385. The van der Waals surface area contributed by atoms with Gasteiger partial charge in [0.25, 0.3) is 5.91 Å². The Hall–Kier alpha value is -3.06. The lowest BCUT2D eigenvalue weighted by atomic mass is 10.0. The second-order valence-electron chi connectivity index (χ2n) is 9.05. The van der Waals surface area contributed by atoms with Gasteiger partial charge in [0.1, 0.15) is 17.3 Å². The van der Waals surface area contributed by atoms with Crippen LogP contribution < -0.4 is 0 Å². The average molecular weight is 451 g/mol. The summed E-state index contributed by atoms with van der Waals surface area (Å²) in [5, 5.41) is 4.64. The molecule has 7 heteroatoms. The van der Waals surface area contributed by atoms with Crippen LogP contribution in [0, 0.1) is 11.6 Å². The third-order valence-electron chi connectivity index (χ3n) is 6.90. The number of carbonyl (C=O) groups is 1. The van der Waals surface area contributed by atoms with Crippen LogP contribution >= 0.6 is 0 Å². The number of fused-ring (bicyclic) bond motifs is 1. The highest BCUT2D eigenvalue weighted by atomic mass is 19.1. The Kier molecular flexibility index (Phi) is 5.98. The molecular weight excluding hydrogens is 422 g/mol. The highest BCUT2D eigenvalue weighted by Crippen LogP contribution is 2.31. The molecule has 1 fully saturated rings. The van der Waals surface area contributed by atoms with Crippen molar-refractivity contribution in [3.8, 4) is 5.69 Å². The molecule has 1 aromatic heterocycles. The maximum absolute atomic E-state index is 14.6. The number of rotatable bonds is 5. The molecule has 1 amide bonds. The summed E-state index contributed by atoms with van der Waals surface area (Å²) in [6, 6.07) is 13.1. The number of hydrogen-bond donors (Lipinski definition) is 0. The lowest BCUT2D eigenvalue weighted by Gasteiger charge is -2.37. The SMILES string of the molecule is CN1CCC(N(Cc2ccccc2F)C(=O)c2nn(-c3ccccc3F)c3c2CCC3)CC1. The topological polar surface area (TPSA) is 41.4 Å². The van der Waals surface area contributed by atoms with Crippen molar-refractivity contribution in [1.82, 2.24) is 19.6 Å². The number of aromatic nitrogens is 2. The van der Waals surface area contributed by atoms with Crippen LogP contribution in [-0.4, -0.2) is 51.7 Å². The smallest absolute Gasteiger partial charge is 0.275 e. The van der Waals surface area contributed by atoms with Crippen LogP contribution in [0.2, 0.25) is 0 Å². The average Bonchev–Trinajstić information content (AvgIpc) is 3.43. The first-order valence-electron chi connectivity index (χ1n) is 11.6. The van der Waals surface area contributed by atoms with Gasteiger partial charge in [0.15, 0.2) is 5.69 Å². The molecule has 0 radical (unpaired) electrons. The molecule has 0 bridgehead atoms. The second kappa shape index (κ2) is 9.06. The Balaban J connectivity index is 1.54. The number of benzene rings is 2. The normalized spacial score (nSPS) is 16.7. The van der Waals surface area contributed by atoms with Gasteiger partial charge in [-0.2, -0.15) is 5.10 Å². The zero-order valence-corrected chi connectivity index (χ0v) is 18.8. The first kappa shape index (κ1) is 21.8. The van der Waals surface area contributed by atoms with Crippen molar-refractivity contribution in [3.05, 3.63) is 82.7 Å². The summed E-state index contributed by atoms with van der Waals surface area (Å²) in [7, 11) is 2.07. The van der Waals surface area contributed by atoms with Crippen molar-refractivity contribution >= 4 is 5.91 Å². The van der Waals surface area contributed by atoms with E-state index in [0.29, 0.717) is 16.9 Å². The number of amides is 1. The molecule has 0 saturated carbocycles. The molecule has 1 aliphatic carbocycles. The molecule has 5 nitrogen and oxygen atoms in total. The number of piperidine rings is 1. The van der Waals surface area contributed by atoms with Gasteiger partial charge in [0.05, 0.1) is 0 Å². The van der Waals surface area contributed by atoms with Crippen molar-refractivity contribution in [2.24, 2.45) is 0 Å².